The van der Waals surface area contributed by atoms with E-state index in [0.717, 1.165) is 37.2 Å². The van der Waals surface area contributed by atoms with Gasteiger partial charge in [0.2, 0.25) is 5.69 Å². The van der Waals surface area contributed by atoms with E-state index in [1.807, 2.05) is 12.1 Å². The van der Waals surface area contributed by atoms with Crippen molar-refractivity contribution in [2.24, 2.45) is 0 Å². The summed E-state index contributed by atoms with van der Waals surface area (Å²) in [5.41, 5.74) is 10.6. The Morgan fingerprint density at radius 2 is 1.90 bits per heavy atom. The van der Waals surface area contributed by atoms with Crippen LogP contribution in [0.2, 0.25) is 0 Å². The van der Waals surface area contributed by atoms with Crippen LogP contribution in [0.1, 0.15) is 57.2 Å². The average molecular weight is 548 g/mol. The molecule has 39 heavy (non-hydrogen) atoms. The van der Waals surface area contributed by atoms with Gasteiger partial charge < -0.3 is 18.9 Å². The maximum Gasteiger partial charge on any atom is 0.357 e. The highest BCUT2D eigenvalue weighted by atomic mass is 32.2. The number of allylic oxidation sites excluding steroid dienone is 1. The molecule has 3 unspecified atom stereocenters. The molecule has 5 aliphatic rings. The Morgan fingerprint density at radius 1 is 1.08 bits per heavy atom. The molecule has 2 aromatic carbocycles. The Balaban J connectivity index is 1.36. The SMILES string of the molecule is CC1(C)C2=C3C=C4C5=[N+](CCC4OC3CCN2c2ccc(CCO)cc21)c1ccc(OS(=O)O)cc1C5(C)C. The van der Waals surface area contributed by atoms with Crippen molar-refractivity contribution in [3.8, 4) is 5.75 Å². The van der Waals surface area contributed by atoms with Gasteiger partial charge in [0.1, 0.15) is 5.75 Å². The fourth-order valence-corrected chi connectivity index (χ4v) is 8.01. The first-order valence-electron chi connectivity index (χ1n) is 13.8. The predicted molar refractivity (Wildman–Crippen MR) is 151 cm³/mol. The Kier molecular flexibility index (Phi) is 5.56. The number of hydrogen-bond donors (Lipinski definition) is 2. The highest BCUT2D eigenvalue weighted by Crippen LogP contribution is 2.54. The van der Waals surface area contributed by atoms with E-state index in [0.29, 0.717) is 12.2 Å². The molecule has 0 bridgehead atoms. The molecule has 2 N–H and O–H groups in total. The average Bonchev–Trinajstić information content (AvgIpc) is 3.26. The lowest BCUT2D eigenvalue weighted by atomic mass is 9.74. The van der Waals surface area contributed by atoms with Crippen molar-refractivity contribution in [2.75, 3.05) is 24.6 Å². The molecular weight excluding hydrogens is 512 g/mol. The highest BCUT2D eigenvalue weighted by Gasteiger charge is 2.54. The van der Waals surface area contributed by atoms with Crippen molar-refractivity contribution in [2.45, 2.75) is 70.0 Å². The lowest BCUT2D eigenvalue weighted by Crippen LogP contribution is -2.47. The molecule has 0 saturated carbocycles. The number of nitrogens with zero attached hydrogens (tertiary/aromatic N) is 2. The molecule has 5 heterocycles. The second-order valence-electron chi connectivity index (χ2n) is 12.3. The topological polar surface area (TPSA) is 82.2 Å². The molecule has 0 saturated heterocycles. The maximum absolute atomic E-state index is 11.3. The first kappa shape index (κ1) is 25.2. The lowest BCUT2D eigenvalue weighted by molar-refractivity contribution is -0.445. The van der Waals surface area contributed by atoms with Gasteiger partial charge in [-0.1, -0.05) is 26.0 Å². The number of benzene rings is 2. The van der Waals surface area contributed by atoms with Gasteiger partial charge in [-0.2, -0.15) is 8.78 Å². The minimum Gasteiger partial charge on any atom is -0.396 e. The summed E-state index contributed by atoms with van der Waals surface area (Å²) in [6, 6.07) is 12.3. The van der Waals surface area contributed by atoms with E-state index < -0.39 is 11.4 Å². The summed E-state index contributed by atoms with van der Waals surface area (Å²) in [5.74, 6) is 0.396. The van der Waals surface area contributed by atoms with Crippen LogP contribution in [0.25, 0.3) is 0 Å². The second-order valence-corrected chi connectivity index (χ2v) is 12.9. The van der Waals surface area contributed by atoms with E-state index >= 15 is 0 Å². The molecule has 2 aromatic rings. The van der Waals surface area contributed by atoms with Crippen LogP contribution in [0.4, 0.5) is 11.4 Å². The van der Waals surface area contributed by atoms with Gasteiger partial charge in [0.25, 0.3) is 0 Å². The summed E-state index contributed by atoms with van der Waals surface area (Å²) in [5, 5.41) is 9.52. The van der Waals surface area contributed by atoms with Crippen LogP contribution in [0.5, 0.6) is 5.75 Å². The Hall–Kier alpha value is -2.78. The van der Waals surface area contributed by atoms with Gasteiger partial charge >= 0.3 is 11.4 Å². The van der Waals surface area contributed by atoms with Gasteiger partial charge in [-0.05, 0) is 62.1 Å². The van der Waals surface area contributed by atoms with Crippen molar-refractivity contribution in [3.63, 3.8) is 0 Å². The van der Waals surface area contributed by atoms with E-state index in [-0.39, 0.29) is 29.6 Å². The smallest absolute Gasteiger partial charge is 0.357 e. The molecule has 0 spiro atoms. The van der Waals surface area contributed by atoms with Crippen LogP contribution in [-0.2, 0) is 33.3 Å². The van der Waals surface area contributed by atoms with Crippen LogP contribution in [0.3, 0.4) is 0 Å². The summed E-state index contributed by atoms with van der Waals surface area (Å²) < 4.78 is 35.0. The minimum absolute atomic E-state index is 0.0504. The Labute approximate surface area is 231 Å². The fraction of sp³-hybridized carbons (Fsp3) is 0.452. The van der Waals surface area contributed by atoms with Crippen molar-refractivity contribution >= 4 is 28.4 Å². The molecule has 204 valence electrons. The summed E-state index contributed by atoms with van der Waals surface area (Å²) in [4.78, 5) is 2.49. The second kappa shape index (κ2) is 8.61. The number of fused-ring (bicyclic) bond motifs is 8. The monoisotopic (exact) mass is 547 g/mol. The van der Waals surface area contributed by atoms with Crippen molar-refractivity contribution < 1.29 is 27.4 Å². The summed E-state index contributed by atoms with van der Waals surface area (Å²) in [6.07, 6.45) is 5.09. The van der Waals surface area contributed by atoms with Crippen LogP contribution in [-0.4, -0.2) is 56.1 Å². The van der Waals surface area contributed by atoms with Crippen molar-refractivity contribution in [1.82, 2.24) is 0 Å². The predicted octanol–water partition coefficient (Wildman–Crippen LogP) is 4.67. The number of ether oxygens (including phenoxy) is 1. The molecule has 7 rings (SSSR count). The molecule has 8 heteroatoms. The Bertz CT molecular complexity index is 1540. The first-order valence-corrected chi connectivity index (χ1v) is 14.9. The highest BCUT2D eigenvalue weighted by molar-refractivity contribution is 7.74. The number of aliphatic hydroxyl groups excluding tert-OH is 1. The number of anilines is 1. The Morgan fingerprint density at radius 3 is 2.67 bits per heavy atom. The molecule has 0 radical (unpaired) electrons. The number of aliphatic hydroxyl groups is 1. The first-order chi connectivity index (χ1) is 18.6. The standard InChI is InChI=1S/C31H34N2O5S/c1-30(2)22-15-18(11-14-34)5-7-24(22)32-12-9-26-20(28(30)32)17-21-27(37-26)10-13-33-25-8-6-19(38-39(35)36)16-23(25)31(3,4)29(21)33/h5-8,15-17,26-27,34H,9-14H2,1-4H3/p+1. The molecule has 0 amide bonds. The van der Waals surface area contributed by atoms with Gasteiger partial charge in [-0.15, -0.1) is 0 Å². The minimum atomic E-state index is -2.36. The van der Waals surface area contributed by atoms with Gasteiger partial charge in [0.05, 0.1) is 17.6 Å². The van der Waals surface area contributed by atoms with E-state index in [2.05, 4.69) is 61.4 Å². The largest absolute Gasteiger partial charge is 0.396 e. The lowest BCUT2D eigenvalue weighted by Gasteiger charge is -2.42. The van der Waals surface area contributed by atoms with E-state index in [1.165, 1.54) is 39.4 Å². The van der Waals surface area contributed by atoms with Crippen molar-refractivity contribution in [3.05, 3.63) is 76.0 Å². The summed E-state index contributed by atoms with van der Waals surface area (Å²) in [7, 11) is 0. The molecule has 0 aliphatic carbocycles. The molecule has 5 aliphatic heterocycles. The quantitative estimate of drug-likeness (QED) is 0.428. The third-order valence-corrected chi connectivity index (χ3v) is 9.69. The molecular formula is C31H35N2O5S+. The third-order valence-electron chi connectivity index (χ3n) is 9.36. The van der Waals surface area contributed by atoms with E-state index in [4.69, 9.17) is 8.92 Å². The van der Waals surface area contributed by atoms with Gasteiger partial charge in [0, 0.05) is 59.1 Å². The zero-order valence-corrected chi connectivity index (χ0v) is 23.7. The van der Waals surface area contributed by atoms with E-state index in [1.54, 1.807) is 6.07 Å². The number of hydrogen-bond acceptors (Lipinski definition) is 5. The molecule has 0 aromatic heterocycles. The van der Waals surface area contributed by atoms with Crippen LogP contribution in [0.15, 0.2) is 59.3 Å². The van der Waals surface area contributed by atoms with Crippen molar-refractivity contribution in [1.29, 1.82) is 0 Å². The van der Waals surface area contributed by atoms with Crippen LogP contribution in [0, 0.1) is 0 Å². The fourth-order valence-electron chi connectivity index (χ4n) is 7.74. The normalized spacial score (nSPS) is 26.2. The van der Waals surface area contributed by atoms with Gasteiger partial charge in [-0.25, -0.2) is 0 Å². The van der Waals surface area contributed by atoms with Gasteiger partial charge in [-0.3, -0.25) is 4.55 Å². The van der Waals surface area contributed by atoms with Crippen LogP contribution < -0.4 is 9.08 Å². The maximum atomic E-state index is 11.3. The molecule has 3 atom stereocenters. The zero-order chi connectivity index (χ0) is 27.3. The van der Waals surface area contributed by atoms with Gasteiger partial charge in [0.15, 0.2) is 12.3 Å². The zero-order valence-electron chi connectivity index (χ0n) is 22.9. The summed E-state index contributed by atoms with van der Waals surface area (Å²) in [6.45, 7) is 11.0. The molecule has 7 nitrogen and oxygen atoms in total. The number of rotatable bonds is 4. The van der Waals surface area contributed by atoms with Crippen LogP contribution >= 0.6 is 0 Å². The third kappa shape index (κ3) is 3.58. The summed E-state index contributed by atoms with van der Waals surface area (Å²) >= 11 is -2.36. The van der Waals surface area contributed by atoms with E-state index in [9.17, 15) is 13.9 Å². The molecule has 0 fully saturated rings.